The number of nitrogens with two attached hydrogens (primary N) is 1. The average Bonchev–Trinajstić information content (AvgIpc) is 2.51. The van der Waals surface area contributed by atoms with Crippen LogP contribution in [-0.2, 0) is 9.53 Å². The summed E-state index contributed by atoms with van der Waals surface area (Å²) < 4.78 is 5.32. The lowest BCUT2D eigenvalue weighted by molar-refractivity contribution is -0.131. The molecule has 1 amide bonds. The maximum atomic E-state index is 11.6. The van der Waals surface area contributed by atoms with Crippen molar-refractivity contribution in [1.29, 1.82) is 0 Å². The van der Waals surface area contributed by atoms with Gasteiger partial charge in [-0.3, -0.25) is 4.79 Å². The molecular formula is C10H20N2O2. The van der Waals surface area contributed by atoms with E-state index in [0.29, 0.717) is 19.6 Å². The summed E-state index contributed by atoms with van der Waals surface area (Å²) in [6.45, 7) is 5.97. The Morgan fingerprint density at radius 1 is 1.64 bits per heavy atom. The van der Waals surface area contributed by atoms with Crippen molar-refractivity contribution in [3.8, 4) is 0 Å². The Morgan fingerprint density at radius 2 is 2.36 bits per heavy atom. The van der Waals surface area contributed by atoms with Crippen LogP contribution in [0.25, 0.3) is 0 Å². The molecule has 1 aliphatic rings. The SMILES string of the molecule is CC(C)OCCC(=O)N1CC[C@H](N)C1. The Bertz CT molecular complexity index is 195. The van der Waals surface area contributed by atoms with E-state index >= 15 is 0 Å². The molecule has 82 valence electrons. The standard InChI is InChI=1S/C10H20N2O2/c1-8(2)14-6-4-10(13)12-5-3-9(11)7-12/h8-9H,3-7,11H2,1-2H3/t9-/m0/s1. The van der Waals surface area contributed by atoms with Gasteiger partial charge < -0.3 is 15.4 Å². The summed E-state index contributed by atoms with van der Waals surface area (Å²) in [5.41, 5.74) is 5.71. The number of hydrogen-bond donors (Lipinski definition) is 1. The Balaban J connectivity index is 2.15. The van der Waals surface area contributed by atoms with Gasteiger partial charge in [0.1, 0.15) is 0 Å². The second-order valence-electron chi connectivity index (χ2n) is 4.06. The third kappa shape index (κ3) is 3.64. The predicted molar refractivity (Wildman–Crippen MR) is 54.9 cm³/mol. The lowest BCUT2D eigenvalue weighted by Crippen LogP contribution is -2.32. The molecule has 0 aliphatic carbocycles. The zero-order chi connectivity index (χ0) is 10.6. The third-order valence-electron chi connectivity index (χ3n) is 2.34. The lowest BCUT2D eigenvalue weighted by Gasteiger charge is -2.16. The summed E-state index contributed by atoms with van der Waals surface area (Å²) in [6, 6.07) is 0.171. The average molecular weight is 200 g/mol. The highest BCUT2D eigenvalue weighted by Crippen LogP contribution is 2.08. The van der Waals surface area contributed by atoms with E-state index in [-0.39, 0.29) is 18.1 Å². The van der Waals surface area contributed by atoms with Crippen LogP contribution < -0.4 is 5.73 Å². The normalized spacial score (nSPS) is 22.0. The second kappa shape index (κ2) is 5.32. The Morgan fingerprint density at radius 3 is 2.86 bits per heavy atom. The highest BCUT2D eigenvalue weighted by molar-refractivity contribution is 5.76. The van der Waals surface area contributed by atoms with Crippen molar-refractivity contribution in [3.05, 3.63) is 0 Å². The molecule has 0 saturated carbocycles. The predicted octanol–water partition coefficient (Wildman–Crippen LogP) is 0.361. The molecule has 14 heavy (non-hydrogen) atoms. The minimum absolute atomic E-state index is 0.165. The Hall–Kier alpha value is -0.610. The van der Waals surface area contributed by atoms with Gasteiger partial charge in [0.15, 0.2) is 0 Å². The van der Waals surface area contributed by atoms with E-state index in [0.717, 1.165) is 13.0 Å². The summed E-state index contributed by atoms with van der Waals surface area (Å²) in [5, 5.41) is 0. The number of nitrogens with zero attached hydrogens (tertiary/aromatic N) is 1. The van der Waals surface area contributed by atoms with Crippen LogP contribution in [0.15, 0.2) is 0 Å². The van der Waals surface area contributed by atoms with E-state index < -0.39 is 0 Å². The van der Waals surface area contributed by atoms with Crippen molar-refractivity contribution in [2.45, 2.75) is 38.8 Å². The van der Waals surface area contributed by atoms with E-state index in [1.54, 1.807) is 0 Å². The van der Waals surface area contributed by atoms with Crippen LogP contribution in [-0.4, -0.2) is 42.6 Å². The zero-order valence-corrected chi connectivity index (χ0v) is 9.03. The summed E-state index contributed by atoms with van der Waals surface area (Å²) in [7, 11) is 0. The number of amides is 1. The van der Waals surface area contributed by atoms with Gasteiger partial charge in [-0.05, 0) is 20.3 Å². The molecule has 4 heteroatoms. The molecule has 1 rings (SSSR count). The zero-order valence-electron chi connectivity index (χ0n) is 9.03. The van der Waals surface area contributed by atoms with Crippen molar-refractivity contribution in [3.63, 3.8) is 0 Å². The fourth-order valence-electron chi connectivity index (χ4n) is 1.55. The van der Waals surface area contributed by atoms with Gasteiger partial charge in [0.2, 0.25) is 5.91 Å². The minimum atomic E-state index is 0.165. The van der Waals surface area contributed by atoms with Crippen LogP contribution in [0.3, 0.4) is 0 Å². The Kier molecular flexibility index (Phi) is 4.35. The molecule has 0 aromatic rings. The molecule has 0 aromatic carbocycles. The molecule has 2 N–H and O–H groups in total. The lowest BCUT2D eigenvalue weighted by atomic mass is 10.3. The van der Waals surface area contributed by atoms with Gasteiger partial charge in [-0.2, -0.15) is 0 Å². The highest BCUT2D eigenvalue weighted by Gasteiger charge is 2.22. The van der Waals surface area contributed by atoms with Crippen molar-refractivity contribution in [1.82, 2.24) is 4.90 Å². The number of hydrogen-bond acceptors (Lipinski definition) is 3. The van der Waals surface area contributed by atoms with E-state index in [1.165, 1.54) is 0 Å². The smallest absolute Gasteiger partial charge is 0.224 e. The van der Waals surface area contributed by atoms with E-state index in [9.17, 15) is 4.79 Å². The maximum absolute atomic E-state index is 11.6. The van der Waals surface area contributed by atoms with Crippen LogP contribution in [0.4, 0.5) is 0 Å². The second-order valence-corrected chi connectivity index (χ2v) is 4.06. The first-order chi connectivity index (χ1) is 6.59. The summed E-state index contributed by atoms with van der Waals surface area (Å²) in [4.78, 5) is 13.4. The van der Waals surface area contributed by atoms with E-state index in [1.807, 2.05) is 18.7 Å². The van der Waals surface area contributed by atoms with Gasteiger partial charge >= 0.3 is 0 Å². The monoisotopic (exact) mass is 200 g/mol. The topological polar surface area (TPSA) is 55.6 Å². The van der Waals surface area contributed by atoms with Crippen LogP contribution in [0, 0.1) is 0 Å². The van der Waals surface area contributed by atoms with Gasteiger partial charge in [-0.1, -0.05) is 0 Å². The largest absolute Gasteiger partial charge is 0.378 e. The first kappa shape index (κ1) is 11.5. The number of ether oxygens (including phenoxy) is 1. The van der Waals surface area contributed by atoms with E-state index in [2.05, 4.69) is 0 Å². The first-order valence-electron chi connectivity index (χ1n) is 5.24. The number of carbonyl (C=O) groups is 1. The number of rotatable bonds is 4. The van der Waals surface area contributed by atoms with Crippen LogP contribution in [0.5, 0.6) is 0 Å². The maximum Gasteiger partial charge on any atom is 0.224 e. The molecule has 1 saturated heterocycles. The summed E-state index contributed by atoms with van der Waals surface area (Å²) >= 11 is 0. The summed E-state index contributed by atoms with van der Waals surface area (Å²) in [5.74, 6) is 0.165. The molecule has 0 radical (unpaired) electrons. The van der Waals surface area contributed by atoms with Gasteiger partial charge in [-0.15, -0.1) is 0 Å². The van der Waals surface area contributed by atoms with Crippen LogP contribution >= 0.6 is 0 Å². The van der Waals surface area contributed by atoms with Gasteiger partial charge in [-0.25, -0.2) is 0 Å². The van der Waals surface area contributed by atoms with E-state index in [4.69, 9.17) is 10.5 Å². The molecule has 1 aliphatic heterocycles. The number of likely N-dealkylation sites (tertiary alicyclic amines) is 1. The molecule has 0 unspecified atom stereocenters. The molecule has 0 aromatic heterocycles. The van der Waals surface area contributed by atoms with Gasteiger partial charge in [0.05, 0.1) is 19.1 Å². The van der Waals surface area contributed by atoms with Crippen molar-refractivity contribution < 1.29 is 9.53 Å². The third-order valence-corrected chi connectivity index (χ3v) is 2.34. The van der Waals surface area contributed by atoms with Crippen molar-refractivity contribution >= 4 is 5.91 Å². The molecule has 1 fully saturated rings. The minimum Gasteiger partial charge on any atom is -0.378 e. The molecule has 4 nitrogen and oxygen atoms in total. The molecule has 0 bridgehead atoms. The molecule has 0 spiro atoms. The fraction of sp³-hybridized carbons (Fsp3) is 0.900. The van der Waals surface area contributed by atoms with Gasteiger partial charge in [0, 0.05) is 19.1 Å². The molecular weight excluding hydrogens is 180 g/mol. The highest BCUT2D eigenvalue weighted by atomic mass is 16.5. The van der Waals surface area contributed by atoms with Crippen molar-refractivity contribution in [2.24, 2.45) is 5.73 Å². The first-order valence-corrected chi connectivity index (χ1v) is 5.24. The van der Waals surface area contributed by atoms with Crippen LogP contribution in [0.1, 0.15) is 26.7 Å². The molecule has 1 atom stereocenters. The fourth-order valence-corrected chi connectivity index (χ4v) is 1.55. The summed E-state index contributed by atoms with van der Waals surface area (Å²) in [6.07, 6.45) is 1.60. The Labute approximate surface area is 85.4 Å². The quantitative estimate of drug-likeness (QED) is 0.713. The molecule has 1 heterocycles. The van der Waals surface area contributed by atoms with Crippen molar-refractivity contribution in [2.75, 3.05) is 19.7 Å². The van der Waals surface area contributed by atoms with Gasteiger partial charge in [0.25, 0.3) is 0 Å². The van der Waals surface area contributed by atoms with Crippen LogP contribution in [0.2, 0.25) is 0 Å². The number of carbonyl (C=O) groups excluding carboxylic acids is 1.